The number of anilines is 1. The largest absolute Gasteiger partial charge is 0.454 e. The third kappa shape index (κ3) is 3.77. The molecule has 2 N–H and O–H groups in total. The number of nitrogens with zero attached hydrogens (tertiary/aromatic N) is 1. The molecule has 0 spiro atoms. The van der Waals surface area contributed by atoms with Crippen LogP contribution in [0, 0.1) is 13.8 Å². The smallest absolute Gasteiger partial charge is 0.261 e. The van der Waals surface area contributed by atoms with Gasteiger partial charge < -0.3 is 24.6 Å². The molecule has 0 radical (unpaired) electrons. The number of aryl methyl sites for hydroxylation is 2. The van der Waals surface area contributed by atoms with Crippen LogP contribution in [0.5, 0.6) is 11.5 Å². The molecule has 2 heterocycles. The fourth-order valence-corrected chi connectivity index (χ4v) is 3.11. The van der Waals surface area contributed by atoms with Gasteiger partial charge in [-0.05, 0) is 43.7 Å². The maximum Gasteiger partial charge on any atom is 0.261 e. The second kappa shape index (κ2) is 7.67. The summed E-state index contributed by atoms with van der Waals surface area (Å²) in [6.45, 7) is 3.86. The molecule has 0 saturated carbocycles. The van der Waals surface area contributed by atoms with Gasteiger partial charge in [0.25, 0.3) is 11.8 Å². The van der Waals surface area contributed by atoms with E-state index in [9.17, 15) is 9.59 Å². The first-order chi connectivity index (χ1) is 14.0. The number of nitrogens with one attached hydrogen (secondary N) is 2. The third-order valence-corrected chi connectivity index (χ3v) is 4.57. The monoisotopic (exact) mass is 393 g/mol. The number of benzene rings is 2. The Morgan fingerprint density at radius 2 is 1.83 bits per heavy atom. The maximum absolute atomic E-state index is 12.7. The Bertz CT molecular complexity index is 1070. The molecule has 0 unspecified atom stereocenters. The fraction of sp³-hybridized carbons (Fsp3) is 0.190. The number of carbonyl (C=O) groups excluding carboxylic acids is 2. The molecule has 3 aromatic rings. The summed E-state index contributed by atoms with van der Waals surface area (Å²) in [4.78, 5) is 25.3. The van der Waals surface area contributed by atoms with Crippen LogP contribution in [0.25, 0.3) is 0 Å². The van der Waals surface area contributed by atoms with E-state index in [-0.39, 0.29) is 18.6 Å². The lowest BCUT2D eigenvalue weighted by molar-refractivity contribution is 0.0951. The molecule has 148 valence electrons. The fourth-order valence-electron chi connectivity index (χ4n) is 3.11. The van der Waals surface area contributed by atoms with E-state index in [0.29, 0.717) is 46.3 Å². The Morgan fingerprint density at radius 1 is 1.03 bits per heavy atom. The summed E-state index contributed by atoms with van der Waals surface area (Å²) < 4.78 is 15.7. The predicted octanol–water partition coefficient (Wildman–Crippen LogP) is 3.20. The summed E-state index contributed by atoms with van der Waals surface area (Å²) in [7, 11) is 0. The van der Waals surface area contributed by atoms with Crippen LogP contribution >= 0.6 is 0 Å². The highest BCUT2D eigenvalue weighted by Gasteiger charge is 2.20. The van der Waals surface area contributed by atoms with E-state index in [2.05, 4.69) is 15.8 Å². The van der Waals surface area contributed by atoms with Crippen molar-refractivity contribution in [2.24, 2.45) is 0 Å². The number of carbonyl (C=O) groups is 2. The maximum atomic E-state index is 12.7. The van der Waals surface area contributed by atoms with E-state index in [1.807, 2.05) is 18.2 Å². The Hall–Kier alpha value is -3.81. The van der Waals surface area contributed by atoms with Crippen LogP contribution in [-0.2, 0) is 6.54 Å². The summed E-state index contributed by atoms with van der Waals surface area (Å²) in [6, 6.07) is 12.3. The van der Waals surface area contributed by atoms with Crippen LogP contribution in [0.1, 0.15) is 37.7 Å². The highest BCUT2D eigenvalue weighted by molar-refractivity contribution is 6.09. The van der Waals surface area contributed by atoms with E-state index in [0.717, 1.165) is 5.56 Å². The summed E-state index contributed by atoms with van der Waals surface area (Å²) in [5, 5.41) is 9.42. The Balaban J connectivity index is 1.47. The molecule has 0 saturated heterocycles. The molecule has 2 amide bonds. The first kappa shape index (κ1) is 18.5. The first-order valence-electron chi connectivity index (χ1n) is 9.03. The van der Waals surface area contributed by atoms with Gasteiger partial charge in [-0.15, -0.1) is 0 Å². The first-order valence-corrected chi connectivity index (χ1v) is 9.03. The number of rotatable bonds is 5. The van der Waals surface area contributed by atoms with E-state index in [1.54, 1.807) is 38.1 Å². The molecular weight excluding hydrogens is 374 g/mol. The lowest BCUT2D eigenvalue weighted by atomic mass is 10.1. The SMILES string of the molecule is Cc1noc(C)c1C(=O)Nc1ccccc1C(=O)NCc1ccc2c(c1)OCO2. The van der Waals surface area contributed by atoms with Gasteiger partial charge in [0.2, 0.25) is 6.79 Å². The number of hydrogen-bond acceptors (Lipinski definition) is 6. The number of hydrogen-bond donors (Lipinski definition) is 2. The van der Waals surface area contributed by atoms with Gasteiger partial charge in [-0.25, -0.2) is 0 Å². The average Bonchev–Trinajstić information content (AvgIpc) is 3.32. The highest BCUT2D eigenvalue weighted by atomic mass is 16.7. The van der Waals surface area contributed by atoms with Gasteiger partial charge in [0.1, 0.15) is 11.3 Å². The van der Waals surface area contributed by atoms with Crippen molar-refractivity contribution < 1.29 is 23.6 Å². The Morgan fingerprint density at radius 3 is 2.62 bits per heavy atom. The molecule has 8 heteroatoms. The molecular formula is C21H19N3O5. The molecule has 2 aromatic carbocycles. The van der Waals surface area contributed by atoms with Gasteiger partial charge in [-0.1, -0.05) is 23.4 Å². The number of para-hydroxylation sites is 1. The van der Waals surface area contributed by atoms with Crippen LogP contribution in [0.4, 0.5) is 5.69 Å². The zero-order valence-electron chi connectivity index (χ0n) is 15.9. The zero-order chi connectivity index (χ0) is 20.4. The average molecular weight is 393 g/mol. The lowest BCUT2D eigenvalue weighted by Crippen LogP contribution is -2.25. The van der Waals surface area contributed by atoms with Crippen LogP contribution in [-0.4, -0.2) is 23.8 Å². The van der Waals surface area contributed by atoms with Gasteiger partial charge in [0.15, 0.2) is 11.5 Å². The predicted molar refractivity (Wildman–Crippen MR) is 104 cm³/mol. The molecule has 0 fully saturated rings. The summed E-state index contributed by atoms with van der Waals surface area (Å²) in [5.41, 5.74) is 2.49. The minimum absolute atomic E-state index is 0.198. The van der Waals surface area contributed by atoms with Gasteiger partial charge >= 0.3 is 0 Å². The second-order valence-electron chi connectivity index (χ2n) is 6.57. The molecule has 0 atom stereocenters. The standard InChI is InChI=1S/C21H19N3O5/c1-12-19(13(2)29-24-12)21(26)23-16-6-4-3-5-15(16)20(25)22-10-14-7-8-17-18(9-14)28-11-27-17/h3-9H,10-11H2,1-2H3,(H,22,25)(H,23,26). The van der Waals surface area contributed by atoms with Crippen molar-refractivity contribution in [3.63, 3.8) is 0 Å². The van der Waals surface area contributed by atoms with E-state index >= 15 is 0 Å². The highest BCUT2D eigenvalue weighted by Crippen LogP contribution is 2.32. The van der Waals surface area contributed by atoms with E-state index < -0.39 is 0 Å². The Labute approximate surface area is 166 Å². The van der Waals surface area contributed by atoms with Gasteiger partial charge in [-0.3, -0.25) is 9.59 Å². The molecule has 8 nitrogen and oxygen atoms in total. The van der Waals surface area contributed by atoms with Crippen LogP contribution in [0.2, 0.25) is 0 Å². The van der Waals surface area contributed by atoms with Gasteiger partial charge in [0, 0.05) is 6.54 Å². The van der Waals surface area contributed by atoms with Crippen molar-refractivity contribution in [2.45, 2.75) is 20.4 Å². The van der Waals surface area contributed by atoms with Gasteiger partial charge in [-0.2, -0.15) is 0 Å². The minimum atomic E-state index is -0.378. The van der Waals surface area contributed by atoms with Crippen molar-refractivity contribution in [1.29, 1.82) is 0 Å². The topological polar surface area (TPSA) is 103 Å². The summed E-state index contributed by atoms with van der Waals surface area (Å²) in [6.07, 6.45) is 0. The number of aromatic nitrogens is 1. The van der Waals surface area contributed by atoms with Gasteiger partial charge in [0.05, 0.1) is 16.9 Å². The molecule has 0 bridgehead atoms. The third-order valence-electron chi connectivity index (χ3n) is 4.57. The van der Waals surface area contributed by atoms with Crippen LogP contribution in [0.15, 0.2) is 47.0 Å². The molecule has 1 aliphatic heterocycles. The van der Waals surface area contributed by atoms with Crippen molar-refractivity contribution in [2.75, 3.05) is 12.1 Å². The summed E-state index contributed by atoms with van der Waals surface area (Å²) >= 11 is 0. The number of ether oxygens (including phenoxy) is 2. The minimum Gasteiger partial charge on any atom is -0.454 e. The number of fused-ring (bicyclic) bond motifs is 1. The molecule has 1 aromatic heterocycles. The molecule has 1 aliphatic rings. The molecule has 0 aliphatic carbocycles. The van der Waals surface area contributed by atoms with Crippen LogP contribution < -0.4 is 20.1 Å². The van der Waals surface area contributed by atoms with E-state index in [1.165, 1.54) is 0 Å². The Kier molecular flexibility index (Phi) is 4.90. The van der Waals surface area contributed by atoms with Crippen LogP contribution in [0.3, 0.4) is 0 Å². The second-order valence-corrected chi connectivity index (χ2v) is 6.57. The number of amides is 2. The van der Waals surface area contributed by atoms with Crippen molar-refractivity contribution in [3.8, 4) is 11.5 Å². The molecule has 4 rings (SSSR count). The lowest BCUT2D eigenvalue weighted by Gasteiger charge is -2.12. The summed E-state index contributed by atoms with van der Waals surface area (Å²) in [5.74, 6) is 1.08. The zero-order valence-corrected chi connectivity index (χ0v) is 15.9. The van der Waals surface area contributed by atoms with E-state index in [4.69, 9.17) is 14.0 Å². The normalized spacial score (nSPS) is 11.9. The molecule has 29 heavy (non-hydrogen) atoms. The van der Waals surface area contributed by atoms with Crippen molar-refractivity contribution >= 4 is 17.5 Å². The van der Waals surface area contributed by atoms with Crippen molar-refractivity contribution in [3.05, 3.63) is 70.6 Å². The quantitative estimate of drug-likeness (QED) is 0.690. The van der Waals surface area contributed by atoms with Crippen molar-refractivity contribution in [1.82, 2.24) is 10.5 Å².